The standard InChI is InChI=1S/C9H16N2O3/c1-13-2-3-14-9(12)11-5-7-4-8(6-11)10-7/h7-8,10H,2-6H2,1H3. The van der Waals surface area contributed by atoms with Gasteiger partial charge in [-0.05, 0) is 6.42 Å². The summed E-state index contributed by atoms with van der Waals surface area (Å²) < 4.78 is 9.83. The van der Waals surface area contributed by atoms with E-state index in [9.17, 15) is 4.79 Å². The van der Waals surface area contributed by atoms with Crippen LogP contribution >= 0.6 is 0 Å². The monoisotopic (exact) mass is 200 g/mol. The molecule has 0 aromatic rings. The smallest absolute Gasteiger partial charge is 0.409 e. The van der Waals surface area contributed by atoms with Crippen LogP contribution in [0.3, 0.4) is 0 Å². The molecule has 3 rings (SSSR count). The van der Waals surface area contributed by atoms with E-state index in [0.717, 1.165) is 13.1 Å². The topological polar surface area (TPSA) is 50.8 Å². The first kappa shape index (κ1) is 9.73. The molecule has 0 saturated carbocycles. The lowest BCUT2D eigenvalue weighted by molar-refractivity contribution is 0.0366. The highest BCUT2D eigenvalue weighted by atomic mass is 16.6. The molecular weight excluding hydrogens is 184 g/mol. The van der Waals surface area contributed by atoms with Crippen molar-refractivity contribution < 1.29 is 14.3 Å². The highest BCUT2D eigenvalue weighted by Crippen LogP contribution is 2.20. The Kier molecular flexibility index (Phi) is 2.88. The molecule has 3 aliphatic rings. The maximum Gasteiger partial charge on any atom is 0.409 e. The van der Waals surface area contributed by atoms with Gasteiger partial charge < -0.3 is 19.7 Å². The molecule has 1 amide bonds. The zero-order chi connectivity index (χ0) is 9.97. The van der Waals surface area contributed by atoms with Gasteiger partial charge in [0.15, 0.2) is 0 Å². The minimum Gasteiger partial charge on any atom is -0.447 e. The van der Waals surface area contributed by atoms with E-state index in [4.69, 9.17) is 9.47 Å². The van der Waals surface area contributed by atoms with Crippen LogP contribution in [-0.4, -0.2) is 56.5 Å². The van der Waals surface area contributed by atoms with E-state index in [1.54, 1.807) is 12.0 Å². The number of nitrogens with one attached hydrogen (secondary N) is 1. The number of nitrogens with zero attached hydrogens (tertiary/aromatic N) is 1. The molecule has 2 bridgehead atoms. The van der Waals surface area contributed by atoms with Gasteiger partial charge in [-0.2, -0.15) is 0 Å². The van der Waals surface area contributed by atoms with Gasteiger partial charge in [0.2, 0.25) is 0 Å². The number of carbonyl (C=O) groups excluding carboxylic acids is 1. The minimum atomic E-state index is -0.210. The van der Waals surface area contributed by atoms with Crippen LogP contribution in [0.5, 0.6) is 0 Å². The summed E-state index contributed by atoms with van der Waals surface area (Å²) in [5.41, 5.74) is 0. The van der Waals surface area contributed by atoms with Crippen LogP contribution < -0.4 is 5.32 Å². The number of piperazine rings is 1. The average molecular weight is 200 g/mol. The lowest BCUT2D eigenvalue weighted by atomic mass is 9.92. The van der Waals surface area contributed by atoms with E-state index in [0.29, 0.717) is 25.3 Å². The van der Waals surface area contributed by atoms with Crippen molar-refractivity contribution in [3.8, 4) is 0 Å². The lowest BCUT2D eigenvalue weighted by Gasteiger charge is -2.47. The molecule has 2 atom stereocenters. The summed E-state index contributed by atoms with van der Waals surface area (Å²) in [6.45, 7) is 2.36. The Morgan fingerprint density at radius 3 is 2.64 bits per heavy atom. The fourth-order valence-electron chi connectivity index (χ4n) is 1.97. The summed E-state index contributed by atoms with van der Waals surface area (Å²) in [7, 11) is 1.59. The zero-order valence-electron chi connectivity index (χ0n) is 8.36. The van der Waals surface area contributed by atoms with E-state index >= 15 is 0 Å². The van der Waals surface area contributed by atoms with Gasteiger partial charge in [0, 0.05) is 32.3 Å². The number of piperidine rings is 1. The molecule has 0 spiro atoms. The van der Waals surface area contributed by atoms with Crippen molar-refractivity contribution in [2.24, 2.45) is 0 Å². The molecule has 0 aliphatic carbocycles. The average Bonchev–Trinajstić information content (AvgIpc) is 2.17. The molecule has 5 heteroatoms. The Morgan fingerprint density at radius 2 is 2.07 bits per heavy atom. The Labute approximate surface area is 83.3 Å². The highest BCUT2D eigenvalue weighted by Gasteiger charge is 2.38. The van der Waals surface area contributed by atoms with E-state index in [1.165, 1.54) is 6.42 Å². The number of hydrogen-bond donors (Lipinski definition) is 1. The molecule has 3 fully saturated rings. The Balaban J connectivity index is 1.70. The minimum absolute atomic E-state index is 0.210. The number of carbonyl (C=O) groups is 1. The number of rotatable bonds is 3. The maximum atomic E-state index is 11.5. The lowest BCUT2D eigenvalue weighted by Crippen LogP contribution is -2.67. The van der Waals surface area contributed by atoms with Crippen LogP contribution in [0.2, 0.25) is 0 Å². The summed E-state index contributed by atoms with van der Waals surface area (Å²) in [6, 6.07) is 0.979. The molecule has 80 valence electrons. The van der Waals surface area contributed by atoms with E-state index in [-0.39, 0.29) is 6.09 Å². The van der Waals surface area contributed by atoms with Crippen molar-refractivity contribution >= 4 is 6.09 Å². The van der Waals surface area contributed by atoms with Crippen LogP contribution in [0.15, 0.2) is 0 Å². The van der Waals surface area contributed by atoms with Gasteiger partial charge in [-0.15, -0.1) is 0 Å². The van der Waals surface area contributed by atoms with Crippen LogP contribution in [-0.2, 0) is 9.47 Å². The number of amides is 1. The molecule has 3 aliphatic heterocycles. The summed E-state index contributed by atoms with van der Waals surface area (Å²) in [5.74, 6) is 0. The molecule has 0 radical (unpaired) electrons. The van der Waals surface area contributed by atoms with E-state index in [1.807, 2.05) is 0 Å². The van der Waals surface area contributed by atoms with Crippen LogP contribution in [0.4, 0.5) is 4.79 Å². The molecule has 1 N–H and O–H groups in total. The number of methoxy groups -OCH3 is 1. The van der Waals surface area contributed by atoms with Gasteiger partial charge in [0.1, 0.15) is 6.61 Å². The van der Waals surface area contributed by atoms with Gasteiger partial charge in [-0.1, -0.05) is 0 Å². The molecule has 3 heterocycles. The Morgan fingerprint density at radius 1 is 1.43 bits per heavy atom. The van der Waals surface area contributed by atoms with E-state index < -0.39 is 0 Å². The third-order valence-electron chi connectivity index (χ3n) is 2.69. The normalized spacial score (nSPS) is 29.6. The molecule has 3 saturated heterocycles. The summed E-state index contributed by atoms with van der Waals surface area (Å²) in [4.78, 5) is 13.2. The van der Waals surface area contributed by atoms with Gasteiger partial charge in [-0.3, -0.25) is 0 Å². The first-order valence-corrected chi connectivity index (χ1v) is 4.96. The Hall–Kier alpha value is -0.810. The van der Waals surface area contributed by atoms with Crippen molar-refractivity contribution in [3.05, 3.63) is 0 Å². The molecular formula is C9H16N2O3. The third kappa shape index (κ3) is 1.99. The zero-order valence-corrected chi connectivity index (χ0v) is 8.36. The van der Waals surface area contributed by atoms with E-state index in [2.05, 4.69) is 5.32 Å². The third-order valence-corrected chi connectivity index (χ3v) is 2.69. The van der Waals surface area contributed by atoms with Crippen LogP contribution in [0.25, 0.3) is 0 Å². The summed E-state index contributed by atoms with van der Waals surface area (Å²) in [5, 5.41) is 3.36. The van der Waals surface area contributed by atoms with Crippen LogP contribution in [0, 0.1) is 0 Å². The predicted octanol–water partition coefficient (Wildman–Crippen LogP) is -0.184. The number of ether oxygens (including phenoxy) is 2. The molecule has 0 aromatic heterocycles. The van der Waals surface area contributed by atoms with Crippen molar-refractivity contribution in [2.75, 3.05) is 33.4 Å². The van der Waals surface area contributed by atoms with Crippen molar-refractivity contribution in [1.29, 1.82) is 0 Å². The Bertz CT molecular complexity index is 206. The SMILES string of the molecule is COCCOC(=O)N1CC2CC(C1)N2. The van der Waals surface area contributed by atoms with Gasteiger partial charge >= 0.3 is 6.09 Å². The molecule has 14 heavy (non-hydrogen) atoms. The van der Waals surface area contributed by atoms with Gasteiger partial charge in [0.05, 0.1) is 6.61 Å². The molecule has 5 nitrogen and oxygen atoms in total. The summed E-state index contributed by atoms with van der Waals surface area (Å²) >= 11 is 0. The van der Waals surface area contributed by atoms with Crippen molar-refractivity contribution in [3.63, 3.8) is 0 Å². The van der Waals surface area contributed by atoms with Crippen molar-refractivity contribution in [2.45, 2.75) is 18.5 Å². The molecule has 2 unspecified atom stereocenters. The largest absolute Gasteiger partial charge is 0.447 e. The number of fused-ring (bicyclic) bond motifs is 2. The quantitative estimate of drug-likeness (QED) is 0.642. The first-order chi connectivity index (χ1) is 6.79. The summed E-state index contributed by atoms with van der Waals surface area (Å²) in [6.07, 6.45) is 0.986. The maximum absolute atomic E-state index is 11.5. The second-order valence-corrected chi connectivity index (χ2v) is 3.81. The van der Waals surface area contributed by atoms with Crippen LogP contribution in [0.1, 0.15) is 6.42 Å². The number of hydrogen-bond acceptors (Lipinski definition) is 4. The second kappa shape index (κ2) is 4.14. The first-order valence-electron chi connectivity index (χ1n) is 4.96. The highest BCUT2D eigenvalue weighted by molar-refractivity contribution is 5.68. The molecule has 0 aromatic carbocycles. The van der Waals surface area contributed by atoms with Gasteiger partial charge in [0.25, 0.3) is 0 Å². The van der Waals surface area contributed by atoms with Gasteiger partial charge in [-0.25, -0.2) is 4.79 Å². The fraction of sp³-hybridized carbons (Fsp3) is 0.889. The second-order valence-electron chi connectivity index (χ2n) is 3.81. The fourth-order valence-corrected chi connectivity index (χ4v) is 1.97. The predicted molar refractivity (Wildman–Crippen MR) is 50.1 cm³/mol. The van der Waals surface area contributed by atoms with Crippen molar-refractivity contribution in [1.82, 2.24) is 10.2 Å².